The van der Waals surface area contributed by atoms with Crippen LogP contribution in [0.3, 0.4) is 0 Å². The van der Waals surface area contributed by atoms with Gasteiger partial charge < -0.3 is 14.9 Å². The van der Waals surface area contributed by atoms with Crippen LogP contribution >= 0.6 is 0 Å². The van der Waals surface area contributed by atoms with E-state index in [1.54, 1.807) is 0 Å². The molecule has 0 spiro atoms. The summed E-state index contributed by atoms with van der Waals surface area (Å²) in [5, 5.41) is 19.3. The summed E-state index contributed by atoms with van der Waals surface area (Å²) in [6, 6.07) is 6.22. The molecular weight excluding hydrogens is 240 g/mol. The van der Waals surface area contributed by atoms with Crippen molar-refractivity contribution in [3.8, 4) is 5.75 Å². The molecule has 0 fully saturated rings. The molecule has 1 aliphatic heterocycles. The van der Waals surface area contributed by atoms with Crippen molar-refractivity contribution in [1.29, 1.82) is 0 Å². The molecule has 0 amide bonds. The van der Waals surface area contributed by atoms with Crippen LogP contribution in [0.15, 0.2) is 18.2 Å². The van der Waals surface area contributed by atoms with Crippen LogP contribution in [-0.2, 0) is 6.42 Å². The Morgan fingerprint density at radius 2 is 2.00 bits per heavy atom. The molecule has 0 saturated carbocycles. The zero-order valence-corrected chi connectivity index (χ0v) is 12.0. The van der Waals surface area contributed by atoms with Gasteiger partial charge in [0.05, 0.1) is 13.2 Å². The highest BCUT2D eigenvalue weighted by Crippen LogP contribution is 2.38. The van der Waals surface area contributed by atoms with Gasteiger partial charge in [0.2, 0.25) is 0 Å². The molecule has 1 unspecified atom stereocenters. The fourth-order valence-electron chi connectivity index (χ4n) is 2.80. The summed E-state index contributed by atoms with van der Waals surface area (Å²) in [6.45, 7) is 6.15. The summed E-state index contributed by atoms with van der Waals surface area (Å²) in [5.74, 6) is 1.17. The van der Waals surface area contributed by atoms with Gasteiger partial charge in [-0.3, -0.25) is 0 Å². The Hall–Kier alpha value is -1.06. The molecule has 0 saturated heterocycles. The number of ether oxygens (including phenoxy) is 1. The first kappa shape index (κ1) is 14.4. The molecule has 0 aromatic heterocycles. The van der Waals surface area contributed by atoms with E-state index in [2.05, 4.69) is 19.1 Å². The third kappa shape index (κ3) is 2.77. The van der Waals surface area contributed by atoms with Crippen LogP contribution in [0.4, 0.5) is 0 Å². The molecule has 106 valence electrons. The molecule has 3 heteroatoms. The molecule has 0 bridgehead atoms. The lowest BCUT2D eigenvalue weighted by molar-refractivity contribution is -0.0156. The van der Waals surface area contributed by atoms with E-state index in [0.29, 0.717) is 6.42 Å². The lowest BCUT2D eigenvalue weighted by Gasteiger charge is -2.35. The van der Waals surface area contributed by atoms with Crippen molar-refractivity contribution < 1.29 is 14.9 Å². The second kappa shape index (κ2) is 5.51. The van der Waals surface area contributed by atoms with Crippen LogP contribution in [0, 0.1) is 18.3 Å². The summed E-state index contributed by atoms with van der Waals surface area (Å²) in [4.78, 5) is 0. The standard InChI is InChI=1S/C16H24O3/c1-11(2)16(9-17,10-18)8-14-7-13-6-12(3)4-5-15(13)19-14/h4-6,11,14,17-18H,7-10H2,1-3H3. The van der Waals surface area contributed by atoms with E-state index < -0.39 is 5.41 Å². The monoisotopic (exact) mass is 264 g/mol. The molecule has 19 heavy (non-hydrogen) atoms. The van der Waals surface area contributed by atoms with Crippen LogP contribution in [0.1, 0.15) is 31.4 Å². The Bertz CT molecular complexity index is 436. The molecule has 1 atom stereocenters. The summed E-state index contributed by atoms with van der Waals surface area (Å²) in [7, 11) is 0. The van der Waals surface area contributed by atoms with Crippen molar-refractivity contribution in [3.05, 3.63) is 29.3 Å². The zero-order valence-electron chi connectivity index (χ0n) is 12.0. The van der Waals surface area contributed by atoms with E-state index in [1.165, 1.54) is 11.1 Å². The van der Waals surface area contributed by atoms with Crippen LogP contribution < -0.4 is 4.74 Å². The molecule has 0 aliphatic carbocycles. The first-order valence-electron chi connectivity index (χ1n) is 6.98. The van der Waals surface area contributed by atoms with E-state index in [0.717, 1.165) is 12.2 Å². The largest absolute Gasteiger partial charge is 0.490 e. The molecule has 2 N–H and O–H groups in total. The summed E-state index contributed by atoms with van der Waals surface area (Å²) in [6.07, 6.45) is 1.61. The smallest absolute Gasteiger partial charge is 0.123 e. The van der Waals surface area contributed by atoms with Crippen molar-refractivity contribution >= 4 is 0 Å². The SMILES string of the molecule is Cc1ccc2c(c1)CC(CC(CO)(CO)C(C)C)O2. The number of aliphatic hydroxyl groups is 2. The van der Waals surface area contributed by atoms with Gasteiger partial charge in [-0.15, -0.1) is 0 Å². The van der Waals surface area contributed by atoms with Gasteiger partial charge in [0, 0.05) is 11.8 Å². The van der Waals surface area contributed by atoms with E-state index in [9.17, 15) is 10.2 Å². The number of fused-ring (bicyclic) bond motifs is 1. The maximum atomic E-state index is 9.65. The van der Waals surface area contributed by atoms with Gasteiger partial charge >= 0.3 is 0 Å². The van der Waals surface area contributed by atoms with Gasteiger partial charge in [-0.1, -0.05) is 31.5 Å². The molecule has 1 aliphatic rings. The highest BCUT2D eigenvalue weighted by molar-refractivity contribution is 5.40. The molecule has 2 rings (SSSR count). The number of rotatable bonds is 5. The average Bonchev–Trinajstić information content (AvgIpc) is 2.77. The Labute approximate surface area is 115 Å². The van der Waals surface area contributed by atoms with Gasteiger partial charge in [-0.25, -0.2) is 0 Å². The van der Waals surface area contributed by atoms with Crippen LogP contribution in [0.25, 0.3) is 0 Å². The van der Waals surface area contributed by atoms with E-state index >= 15 is 0 Å². The topological polar surface area (TPSA) is 49.7 Å². The minimum atomic E-state index is -0.457. The fraction of sp³-hybridized carbons (Fsp3) is 0.625. The van der Waals surface area contributed by atoms with Crippen LogP contribution in [0.5, 0.6) is 5.75 Å². The lowest BCUT2D eigenvalue weighted by Crippen LogP contribution is -2.40. The third-order valence-corrected chi connectivity index (χ3v) is 4.45. The first-order chi connectivity index (χ1) is 9.00. The van der Waals surface area contributed by atoms with Gasteiger partial charge in [0.1, 0.15) is 11.9 Å². The van der Waals surface area contributed by atoms with Gasteiger partial charge in [0.25, 0.3) is 0 Å². The molecule has 1 aromatic carbocycles. The van der Waals surface area contributed by atoms with Gasteiger partial charge in [0.15, 0.2) is 0 Å². The third-order valence-electron chi connectivity index (χ3n) is 4.45. The van der Waals surface area contributed by atoms with Crippen molar-refractivity contribution in [2.24, 2.45) is 11.3 Å². The van der Waals surface area contributed by atoms with E-state index in [-0.39, 0.29) is 25.2 Å². The highest BCUT2D eigenvalue weighted by atomic mass is 16.5. The lowest BCUT2D eigenvalue weighted by atomic mass is 9.74. The maximum Gasteiger partial charge on any atom is 0.123 e. The molecule has 0 radical (unpaired) electrons. The summed E-state index contributed by atoms with van der Waals surface area (Å²) < 4.78 is 5.95. The predicted octanol–water partition coefficient (Wildman–Crippen LogP) is 2.32. The van der Waals surface area contributed by atoms with E-state index in [4.69, 9.17) is 4.74 Å². The second-order valence-corrected chi connectivity index (χ2v) is 6.09. The van der Waals surface area contributed by atoms with Crippen molar-refractivity contribution in [2.45, 2.75) is 39.7 Å². The minimum Gasteiger partial charge on any atom is -0.490 e. The normalized spacial score (nSPS) is 18.5. The molecule has 1 aromatic rings. The van der Waals surface area contributed by atoms with Crippen LogP contribution in [-0.4, -0.2) is 29.5 Å². The molecule has 1 heterocycles. The average molecular weight is 264 g/mol. The Kier molecular flexibility index (Phi) is 4.16. The van der Waals surface area contributed by atoms with E-state index in [1.807, 2.05) is 19.9 Å². The van der Waals surface area contributed by atoms with Gasteiger partial charge in [-0.2, -0.15) is 0 Å². The summed E-state index contributed by atoms with van der Waals surface area (Å²) >= 11 is 0. The number of hydrogen-bond acceptors (Lipinski definition) is 3. The van der Waals surface area contributed by atoms with Crippen molar-refractivity contribution in [1.82, 2.24) is 0 Å². The summed E-state index contributed by atoms with van der Waals surface area (Å²) in [5.41, 5.74) is 2.02. The Balaban J connectivity index is 2.10. The first-order valence-corrected chi connectivity index (χ1v) is 6.98. The van der Waals surface area contributed by atoms with Gasteiger partial charge in [-0.05, 0) is 30.9 Å². The predicted molar refractivity (Wildman–Crippen MR) is 75.4 cm³/mol. The number of benzene rings is 1. The highest BCUT2D eigenvalue weighted by Gasteiger charge is 2.38. The Morgan fingerprint density at radius 3 is 2.58 bits per heavy atom. The molecule has 3 nitrogen and oxygen atoms in total. The fourth-order valence-corrected chi connectivity index (χ4v) is 2.80. The second-order valence-electron chi connectivity index (χ2n) is 6.09. The number of aryl methyl sites for hydroxylation is 1. The van der Waals surface area contributed by atoms with Crippen LogP contribution in [0.2, 0.25) is 0 Å². The van der Waals surface area contributed by atoms with Crippen molar-refractivity contribution in [3.63, 3.8) is 0 Å². The quantitative estimate of drug-likeness (QED) is 0.858. The van der Waals surface area contributed by atoms with Crippen molar-refractivity contribution in [2.75, 3.05) is 13.2 Å². The minimum absolute atomic E-state index is 0.00357. The number of hydrogen-bond donors (Lipinski definition) is 2. The molecular formula is C16H24O3. The zero-order chi connectivity index (χ0) is 14.0. The number of aliphatic hydroxyl groups excluding tert-OH is 2. The Morgan fingerprint density at radius 1 is 1.32 bits per heavy atom. The maximum absolute atomic E-state index is 9.65.